The fourth-order valence-electron chi connectivity index (χ4n) is 2.96. The van der Waals surface area contributed by atoms with E-state index in [9.17, 15) is 0 Å². The highest BCUT2D eigenvalue weighted by atomic mass is 35.5. The smallest absolute Gasteiger partial charge is 0.141 e. The van der Waals surface area contributed by atoms with Gasteiger partial charge in [-0.1, -0.05) is 102 Å². The van der Waals surface area contributed by atoms with Crippen molar-refractivity contribution in [3.8, 4) is 0 Å². The number of hydroxylamine groups is 4. The Hall–Kier alpha value is 0.170. The van der Waals surface area contributed by atoms with Crippen LogP contribution in [-0.2, 0) is 0 Å². The zero-order valence-corrected chi connectivity index (χ0v) is 16.5. The van der Waals surface area contributed by atoms with Gasteiger partial charge in [0.1, 0.15) is 13.6 Å². The lowest BCUT2D eigenvalue weighted by Crippen LogP contribution is -3.00. The minimum absolute atomic E-state index is 0. The first-order valence-corrected chi connectivity index (χ1v) is 9.87. The van der Waals surface area contributed by atoms with Crippen LogP contribution in [0.1, 0.15) is 110 Å². The summed E-state index contributed by atoms with van der Waals surface area (Å²) in [6, 6.07) is 0. The fourth-order valence-corrected chi connectivity index (χ4v) is 2.96. The maximum absolute atomic E-state index is 9.13. The highest BCUT2D eigenvalue weighted by molar-refractivity contribution is 4.49. The Morgan fingerprint density at radius 1 is 0.522 bits per heavy atom. The number of rotatable bonds is 17. The topological polar surface area (TPSA) is 40.5 Å². The third-order valence-corrected chi connectivity index (χ3v) is 4.44. The molecule has 0 spiro atoms. The maximum atomic E-state index is 9.13. The minimum Gasteiger partial charge on any atom is -1.00 e. The summed E-state index contributed by atoms with van der Waals surface area (Å²) in [5, 5.41) is 18.3. The molecule has 0 aliphatic rings. The number of halogens is 1. The Morgan fingerprint density at radius 3 is 1.04 bits per heavy atom. The van der Waals surface area contributed by atoms with Gasteiger partial charge in [0, 0.05) is 6.42 Å². The monoisotopic (exact) mass is 351 g/mol. The van der Waals surface area contributed by atoms with Gasteiger partial charge < -0.3 is 12.4 Å². The summed E-state index contributed by atoms with van der Waals surface area (Å²) in [5.41, 5.74) is 0. The molecule has 0 bridgehead atoms. The average Bonchev–Trinajstić information content (AvgIpc) is 2.45. The van der Waals surface area contributed by atoms with Crippen LogP contribution in [0.2, 0.25) is 0 Å². The highest BCUT2D eigenvalue weighted by Crippen LogP contribution is 2.13. The van der Waals surface area contributed by atoms with Crippen molar-refractivity contribution in [2.24, 2.45) is 0 Å². The Morgan fingerprint density at radius 2 is 0.783 bits per heavy atom. The van der Waals surface area contributed by atoms with Crippen molar-refractivity contribution >= 4 is 0 Å². The second-order valence-corrected chi connectivity index (χ2v) is 7.12. The molecule has 0 radical (unpaired) electrons. The normalized spacial score (nSPS) is 11.5. The lowest BCUT2D eigenvalue weighted by atomic mass is 10.0. The molecular formula is C19H42ClNO2. The Labute approximate surface area is 151 Å². The van der Waals surface area contributed by atoms with E-state index in [2.05, 4.69) is 6.92 Å². The van der Waals surface area contributed by atoms with Gasteiger partial charge in [-0.05, 0) is 6.42 Å². The molecule has 142 valence electrons. The van der Waals surface area contributed by atoms with Crippen molar-refractivity contribution in [3.05, 3.63) is 0 Å². The molecular weight excluding hydrogens is 310 g/mol. The number of unbranched alkanes of at least 4 members (excludes halogenated alkanes) is 15. The number of nitrogens with zero attached hydrogens (tertiary/aromatic N) is 1. The van der Waals surface area contributed by atoms with E-state index < -0.39 is 4.81 Å². The lowest BCUT2D eigenvalue weighted by molar-refractivity contribution is -1.23. The molecule has 0 saturated carbocycles. The highest BCUT2D eigenvalue weighted by Gasteiger charge is 2.12. The van der Waals surface area contributed by atoms with Crippen molar-refractivity contribution in [1.29, 1.82) is 0 Å². The molecule has 2 N–H and O–H groups in total. The van der Waals surface area contributed by atoms with Crippen molar-refractivity contribution in [1.82, 2.24) is 0 Å². The van der Waals surface area contributed by atoms with E-state index in [1.54, 1.807) is 0 Å². The summed E-state index contributed by atoms with van der Waals surface area (Å²) < 4.78 is 0. The second-order valence-electron chi connectivity index (χ2n) is 7.12. The van der Waals surface area contributed by atoms with Gasteiger partial charge in [-0.2, -0.15) is 10.4 Å². The molecule has 0 unspecified atom stereocenters. The Bertz CT molecular complexity index is 220. The third-order valence-electron chi connectivity index (χ3n) is 4.44. The molecule has 0 aliphatic heterocycles. The van der Waals surface area contributed by atoms with Gasteiger partial charge in [0.2, 0.25) is 0 Å². The largest absolute Gasteiger partial charge is 1.00 e. The predicted molar refractivity (Wildman–Crippen MR) is 94.2 cm³/mol. The van der Waals surface area contributed by atoms with Gasteiger partial charge in [0.15, 0.2) is 0 Å². The molecule has 0 aromatic heterocycles. The van der Waals surface area contributed by atoms with Gasteiger partial charge in [0.25, 0.3) is 0 Å². The molecule has 23 heavy (non-hydrogen) atoms. The first-order chi connectivity index (χ1) is 10.6. The van der Waals surface area contributed by atoms with Crippen LogP contribution >= 0.6 is 0 Å². The van der Waals surface area contributed by atoms with E-state index in [1.165, 1.54) is 96.9 Å². The SMILES string of the molecule is CCCCCCCCCCCCCCCCCC[N+](C)(O)O.[Cl-]. The van der Waals surface area contributed by atoms with Crippen LogP contribution in [0.4, 0.5) is 0 Å². The van der Waals surface area contributed by atoms with E-state index in [0.717, 1.165) is 12.8 Å². The summed E-state index contributed by atoms with van der Waals surface area (Å²) >= 11 is 0. The summed E-state index contributed by atoms with van der Waals surface area (Å²) in [5.74, 6) is 0. The first kappa shape index (κ1) is 25.4. The van der Waals surface area contributed by atoms with Gasteiger partial charge in [-0.15, -0.1) is 0 Å². The van der Waals surface area contributed by atoms with E-state index in [1.807, 2.05) is 0 Å². The van der Waals surface area contributed by atoms with Crippen LogP contribution in [-0.4, -0.2) is 28.8 Å². The summed E-state index contributed by atoms with van der Waals surface area (Å²) in [4.78, 5) is -0.876. The van der Waals surface area contributed by atoms with Crippen molar-refractivity contribution < 1.29 is 27.6 Å². The molecule has 0 saturated heterocycles. The molecule has 4 heteroatoms. The fraction of sp³-hybridized carbons (Fsp3) is 1.00. The molecule has 0 aliphatic carbocycles. The van der Waals surface area contributed by atoms with Crippen molar-refractivity contribution in [2.75, 3.05) is 13.6 Å². The second kappa shape index (κ2) is 18.5. The average molecular weight is 352 g/mol. The first-order valence-electron chi connectivity index (χ1n) is 9.87. The maximum Gasteiger partial charge on any atom is 0.141 e. The molecule has 0 fully saturated rings. The van der Waals surface area contributed by atoms with Crippen LogP contribution in [0.25, 0.3) is 0 Å². The van der Waals surface area contributed by atoms with Crippen LogP contribution in [0.5, 0.6) is 0 Å². The molecule has 0 aromatic carbocycles. The van der Waals surface area contributed by atoms with Gasteiger partial charge in [-0.3, -0.25) is 0 Å². The van der Waals surface area contributed by atoms with E-state index in [-0.39, 0.29) is 12.4 Å². The summed E-state index contributed by atoms with van der Waals surface area (Å²) in [6.45, 7) is 2.72. The lowest BCUT2D eigenvalue weighted by Gasteiger charge is -2.14. The standard InChI is InChI=1S/C19H42NO2.ClH/c1-3-4-5-6-7-8-9-10-11-12-13-14-15-16-17-18-19-20(2,21)22;/h21-22H,3-19H2,1-2H3;1H/q+1;/p-1. The Balaban J connectivity index is 0. The van der Waals surface area contributed by atoms with Gasteiger partial charge in [-0.25, -0.2) is 0 Å². The zero-order chi connectivity index (χ0) is 16.5. The molecule has 0 rings (SSSR count). The Kier molecular flexibility index (Phi) is 20.4. The molecule has 0 atom stereocenters. The van der Waals surface area contributed by atoms with Crippen LogP contribution in [0.3, 0.4) is 0 Å². The molecule has 0 heterocycles. The predicted octanol–water partition coefficient (Wildman–Crippen LogP) is 3.48. The molecule has 0 amide bonds. The van der Waals surface area contributed by atoms with Crippen LogP contribution < -0.4 is 12.4 Å². The van der Waals surface area contributed by atoms with E-state index in [0.29, 0.717) is 6.54 Å². The minimum atomic E-state index is -0.876. The van der Waals surface area contributed by atoms with Gasteiger partial charge >= 0.3 is 0 Å². The molecule has 3 nitrogen and oxygen atoms in total. The zero-order valence-electron chi connectivity index (χ0n) is 15.7. The summed E-state index contributed by atoms with van der Waals surface area (Å²) in [6.07, 6.45) is 21.5. The third kappa shape index (κ3) is 24.5. The summed E-state index contributed by atoms with van der Waals surface area (Å²) in [7, 11) is 1.41. The van der Waals surface area contributed by atoms with Crippen LogP contribution in [0.15, 0.2) is 0 Å². The van der Waals surface area contributed by atoms with E-state index >= 15 is 0 Å². The number of hydrogen-bond donors (Lipinski definition) is 2. The van der Waals surface area contributed by atoms with E-state index in [4.69, 9.17) is 10.4 Å². The van der Waals surface area contributed by atoms with Crippen LogP contribution in [0, 0.1) is 0 Å². The van der Waals surface area contributed by atoms with Crippen molar-refractivity contribution in [3.63, 3.8) is 0 Å². The van der Waals surface area contributed by atoms with Crippen molar-refractivity contribution in [2.45, 2.75) is 110 Å². The quantitative estimate of drug-likeness (QED) is 0.239. The number of hydrogen-bond acceptors (Lipinski definition) is 2. The number of quaternary nitrogens is 1. The van der Waals surface area contributed by atoms with Gasteiger partial charge in [0.05, 0.1) is 0 Å². The molecule has 0 aromatic rings.